The first-order chi connectivity index (χ1) is 11.3. The summed E-state index contributed by atoms with van der Waals surface area (Å²) in [5.41, 5.74) is 1.04. The molecule has 5 nitrogen and oxygen atoms in total. The molecule has 0 aliphatic carbocycles. The predicted octanol–water partition coefficient (Wildman–Crippen LogP) is 3.67. The molecule has 2 aromatic rings. The highest BCUT2D eigenvalue weighted by molar-refractivity contribution is 7.93. The van der Waals surface area contributed by atoms with Gasteiger partial charge < -0.3 is 4.74 Å². The molecule has 0 N–H and O–H groups in total. The maximum Gasteiger partial charge on any atom is 0.326 e. The van der Waals surface area contributed by atoms with E-state index in [0.717, 1.165) is 4.31 Å². The van der Waals surface area contributed by atoms with Gasteiger partial charge in [-0.1, -0.05) is 41.4 Å². The number of ether oxygens (including phenoxy) is 1. The van der Waals surface area contributed by atoms with Crippen molar-refractivity contribution in [2.45, 2.75) is 11.8 Å². The van der Waals surface area contributed by atoms with Gasteiger partial charge in [0.25, 0.3) is 10.0 Å². The molecule has 0 aliphatic heterocycles. The van der Waals surface area contributed by atoms with Gasteiger partial charge in [0, 0.05) is 5.02 Å². The smallest absolute Gasteiger partial charge is 0.326 e. The van der Waals surface area contributed by atoms with E-state index in [2.05, 4.69) is 4.74 Å². The number of para-hydroxylation sites is 1. The summed E-state index contributed by atoms with van der Waals surface area (Å²) in [6.07, 6.45) is 0. The van der Waals surface area contributed by atoms with Crippen molar-refractivity contribution in [3.63, 3.8) is 0 Å². The molecule has 24 heavy (non-hydrogen) atoms. The van der Waals surface area contributed by atoms with Crippen LogP contribution in [0.15, 0.2) is 47.4 Å². The number of hydrogen-bond donors (Lipinski definition) is 0. The van der Waals surface area contributed by atoms with Gasteiger partial charge in [-0.15, -0.1) is 0 Å². The number of anilines is 1. The van der Waals surface area contributed by atoms with E-state index in [4.69, 9.17) is 23.2 Å². The second kappa shape index (κ2) is 7.42. The molecule has 0 aromatic heterocycles. The Morgan fingerprint density at radius 2 is 1.83 bits per heavy atom. The third kappa shape index (κ3) is 3.83. The molecule has 8 heteroatoms. The third-order valence-electron chi connectivity index (χ3n) is 3.35. The van der Waals surface area contributed by atoms with Crippen LogP contribution in [0.25, 0.3) is 0 Å². The number of halogens is 2. The number of carbonyl (C=O) groups excluding carboxylic acids is 1. The molecule has 0 spiro atoms. The summed E-state index contributed by atoms with van der Waals surface area (Å²) in [5.74, 6) is -0.694. The molecule has 0 aliphatic rings. The molecule has 0 saturated carbocycles. The maximum absolute atomic E-state index is 13.1. The molecule has 2 rings (SSSR count). The van der Waals surface area contributed by atoms with Gasteiger partial charge in [-0.05, 0) is 36.8 Å². The average molecular weight is 388 g/mol. The van der Waals surface area contributed by atoms with Crippen LogP contribution in [0.4, 0.5) is 5.69 Å². The Labute approximate surface area is 150 Å². The van der Waals surface area contributed by atoms with Crippen LogP contribution in [-0.4, -0.2) is 28.0 Å². The molecular formula is C16H15Cl2NO4S. The number of methoxy groups -OCH3 is 1. The number of carbonyl (C=O) groups is 1. The lowest BCUT2D eigenvalue weighted by Crippen LogP contribution is -2.37. The normalized spacial score (nSPS) is 11.2. The lowest BCUT2D eigenvalue weighted by atomic mass is 10.2. The fourth-order valence-corrected chi connectivity index (χ4v) is 4.33. The highest BCUT2D eigenvalue weighted by Gasteiger charge is 2.30. The van der Waals surface area contributed by atoms with Crippen molar-refractivity contribution >= 4 is 44.9 Å². The van der Waals surface area contributed by atoms with E-state index in [1.807, 2.05) is 0 Å². The van der Waals surface area contributed by atoms with Crippen molar-refractivity contribution in [1.29, 1.82) is 0 Å². The summed E-state index contributed by atoms with van der Waals surface area (Å²) in [6.45, 7) is 1.27. The number of aryl methyl sites for hydroxylation is 1. The van der Waals surface area contributed by atoms with Gasteiger partial charge in [0.05, 0.1) is 17.8 Å². The fraction of sp³-hybridized carbons (Fsp3) is 0.188. The van der Waals surface area contributed by atoms with Crippen LogP contribution in [0.2, 0.25) is 10.0 Å². The molecule has 0 amide bonds. The molecule has 0 unspecified atom stereocenters. The molecule has 0 bridgehead atoms. The van der Waals surface area contributed by atoms with E-state index in [-0.39, 0.29) is 14.9 Å². The van der Waals surface area contributed by atoms with Crippen LogP contribution in [0.1, 0.15) is 5.56 Å². The number of nitrogens with zero attached hydrogens (tertiary/aromatic N) is 1. The summed E-state index contributed by atoms with van der Waals surface area (Å²) >= 11 is 11.9. The lowest BCUT2D eigenvalue weighted by molar-refractivity contribution is -0.138. The highest BCUT2D eigenvalue weighted by Crippen LogP contribution is 2.31. The Hall–Kier alpha value is -1.76. The van der Waals surface area contributed by atoms with Crippen molar-refractivity contribution in [3.05, 3.63) is 58.1 Å². The van der Waals surface area contributed by atoms with Crippen LogP contribution in [-0.2, 0) is 19.6 Å². The second-order valence-corrected chi connectivity index (χ2v) is 7.62. The van der Waals surface area contributed by atoms with Gasteiger partial charge in [-0.3, -0.25) is 9.10 Å². The molecule has 0 atom stereocenters. The first-order valence-corrected chi connectivity index (χ1v) is 9.07. The first-order valence-electron chi connectivity index (χ1n) is 6.87. The highest BCUT2D eigenvalue weighted by atomic mass is 35.5. The number of rotatable bonds is 5. The summed E-state index contributed by atoms with van der Waals surface area (Å²) in [6, 6.07) is 10.9. The quantitative estimate of drug-likeness (QED) is 0.734. The molecule has 0 saturated heterocycles. The summed E-state index contributed by atoms with van der Waals surface area (Å²) in [4.78, 5) is 11.6. The maximum atomic E-state index is 13.1. The number of esters is 1. The van der Waals surface area contributed by atoms with Crippen molar-refractivity contribution in [2.24, 2.45) is 0 Å². The minimum absolute atomic E-state index is 0.0165. The zero-order valence-corrected chi connectivity index (χ0v) is 15.3. The van der Waals surface area contributed by atoms with Gasteiger partial charge in [0.15, 0.2) is 0 Å². The first kappa shape index (κ1) is 18.6. The minimum Gasteiger partial charge on any atom is -0.468 e. The van der Waals surface area contributed by atoms with E-state index in [1.165, 1.54) is 25.3 Å². The SMILES string of the molecule is COC(=O)CN(c1ccccc1C)S(=O)(=O)c1cc(Cl)ccc1Cl. The van der Waals surface area contributed by atoms with Gasteiger partial charge in [0.1, 0.15) is 11.4 Å². The lowest BCUT2D eigenvalue weighted by Gasteiger charge is -2.25. The monoisotopic (exact) mass is 387 g/mol. The molecule has 0 fully saturated rings. The Kier molecular flexibility index (Phi) is 5.74. The minimum atomic E-state index is -4.12. The van der Waals surface area contributed by atoms with Gasteiger partial charge >= 0.3 is 5.97 Å². The van der Waals surface area contributed by atoms with E-state index in [0.29, 0.717) is 11.3 Å². The van der Waals surface area contributed by atoms with E-state index in [9.17, 15) is 13.2 Å². The van der Waals surface area contributed by atoms with E-state index < -0.39 is 22.5 Å². The van der Waals surface area contributed by atoms with Crippen molar-refractivity contribution in [3.8, 4) is 0 Å². The van der Waals surface area contributed by atoms with Gasteiger partial charge in [0.2, 0.25) is 0 Å². The van der Waals surface area contributed by atoms with Gasteiger partial charge in [-0.2, -0.15) is 0 Å². The van der Waals surface area contributed by atoms with Crippen LogP contribution < -0.4 is 4.31 Å². The Morgan fingerprint density at radius 1 is 1.17 bits per heavy atom. The zero-order chi connectivity index (χ0) is 17.9. The average Bonchev–Trinajstić information content (AvgIpc) is 2.55. The summed E-state index contributed by atoms with van der Waals surface area (Å²) < 4.78 is 31.8. The molecular weight excluding hydrogens is 373 g/mol. The predicted molar refractivity (Wildman–Crippen MR) is 94.2 cm³/mol. The van der Waals surface area contributed by atoms with Crippen LogP contribution >= 0.6 is 23.2 Å². The van der Waals surface area contributed by atoms with E-state index >= 15 is 0 Å². The van der Waals surface area contributed by atoms with Crippen LogP contribution in [0.5, 0.6) is 0 Å². The Morgan fingerprint density at radius 3 is 2.46 bits per heavy atom. The molecule has 0 radical (unpaired) electrons. The molecule has 128 valence electrons. The van der Waals surface area contributed by atoms with Crippen molar-refractivity contribution in [2.75, 3.05) is 18.0 Å². The third-order valence-corrected chi connectivity index (χ3v) is 5.82. The topological polar surface area (TPSA) is 63.7 Å². The number of benzene rings is 2. The molecule has 2 aromatic carbocycles. The fourth-order valence-electron chi connectivity index (χ4n) is 2.12. The van der Waals surface area contributed by atoms with E-state index in [1.54, 1.807) is 31.2 Å². The van der Waals surface area contributed by atoms with Crippen molar-refractivity contribution < 1.29 is 17.9 Å². The standard InChI is InChI=1S/C16H15Cl2NO4S/c1-11-5-3-4-6-14(11)19(10-16(20)23-2)24(21,22)15-9-12(17)7-8-13(15)18/h3-9H,10H2,1-2H3. The Bertz CT molecular complexity index is 868. The Balaban J connectivity index is 2.64. The molecule has 0 heterocycles. The number of hydrogen-bond acceptors (Lipinski definition) is 4. The van der Waals surface area contributed by atoms with Gasteiger partial charge in [-0.25, -0.2) is 8.42 Å². The van der Waals surface area contributed by atoms with Crippen LogP contribution in [0, 0.1) is 6.92 Å². The number of sulfonamides is 1. The largest absolute Gasteiger partial charge is 0.468 e. The summed E-state index contributed by atoms with van der Waals surface area (Å²) in [7, 11) is -2.93. The van der Waals surface area contributed by atoms with Crippen molar-refractivity contribution in [1.82, 2.24) is 0 Å². The second-order valence-electron chi connectivity index (χ2n) is 4.95. The zero-order valence-electron chi connectivity index (χ0n) is 13.0. The van der Waals surface area contributed by atoms with Crippen LogP contribution in [0.3, 0.4) is 0 Å². The summed E-state index contributed by atoms with van der Waals surface area (Å²) in [5, 5.41) is 0.239.